The van der Waals surface area contributed by atoms with Gasteiger partial charge >= 0.3 is 11.8 Å². The topological polar surface area (TPSA) is 95.1 Å². The molecule has 1 heterocycles. The maximum absolute atomic E-state index is 12.0. The van der Waals surface area contributed by atoms with Gasteiger partial charge in [0.1, 0.15) is 12.7 Å². The summed E-state index contributed by atoms with van der Waals surface area (Å²) in [5.41, 5.74) is 0.953. The molecule has 0 saturated carbocycles. The van der Waals surface area contributed by atoms with E-state index in [1.54, 1.807) is 26.4 Å². The number of fused-ring (bicyclic) bond motifs is 1. The highest BCUT2D eigenvalue weighted by atomic mass is 16.6. The van der Waals surface area contributed by atoms with Gasteiger partial charge in [0.15, 0.2) is 23.0 Å². The second-order valence-electron chi connectivity index (χ2n) is 6.40. The van der Waals surface area contributed by atoms with E-state index in [1.165, 1.54) is 0 Å². The van der Waals surface area contributed by atoms with Crippen molar-refractivity contribution in [2.45, 2.75) is 12.5 Å². The molecule has 2 amide bonds. The van der Waals surface area contributed by atoms with Crippen molar-refractivity contribution >= 4 is 11.8 Å². The van der Waals surface area contributed by atoms with Gasteiger partial charge in [-0.15, -0.1) is 0 Å². The van der Waals surface area contributed by atoms with Gasteiger partial charge in [-0.05, 0) is 36.2 Å². The second-order valence-corrected chi connectivity index (χ2v) is 6.40. The molecular formula is C21H24N2O6. The van der Waals surface area contributed by atoms with Crippen LogP contribution < -0.4 is 29.6 Å². The monoisotopic (exact) mass is 400 g/mol. The van der Waals surface area contributed by atoms with Crippen LogP contribution in [0.15, 0.2) is 42.5 Å². The molecule has 1 unspecified atom stereocenters. The first-order valence-electron chi connectivity index (χ1n) is 9.26. The first-order chi connectivity index (χ1) is 14.1. The zero-order valence-corrected chi connectivity index (χ0v) is 16.4. The van der Waals surface area contributed by atoms with Gasteiger partial charge in [0.05, 0.1) is 20.8 Å². The number of amides is 2. The van der Waals surface area contributed by atoms with Crippen LogP contribution in [-0.4, -0.2) is 51.8 Å². The van der Waals surface area contributed by atoms with E-state index in [0.29, 0.717) is 42.6 Å². The predicted octanol–water partition coefficient (Wildman–Crippen LogP) is 1.32. The summed E-state index contributed by atoms with van der Waals surface area (Å²) in [7, 11) is 3.13. The molecule has 8 heteroatoms. The van der Waals surface area contributed by atoms with E-state index in [0.717, 1.165) is 5.56 Å². The molecule has 1 aliphatic rings. The molecule has 0 aliphatic carbocycles. The highest BCUT2D eigenvalue weighted by Gasteiger charge is 2.22. The molecular weight excluding hydrogens is 376 g/mol. The van der Waals surface area contributed by atoms with Crippen molar-refractivity contribution in [1.82, 2.24) is 10.6 Å². The van der Waals surface area contributed by atoms with Crippen molar-refractivity contribution < 1.29 is 28.5 Å². The predicted molar refractivity (Wildman–Crippen MR) is 106 cm³/mol. The molecule has 8 nitrogen and oxygen atoms in total. The summed E-state index contributed by atoms with van der Waals surface area (Å²) in [5, 5.41) is 5.18. The lowest BCUT2D eigenvalue weighted by molar-refractivity contribution is -0.139. The van der Waals surface area contributed by atoms with Crippen molar-refractivity contribution in [1.29, 1.82) is 0 Å². The Morgan fingerprint density at radius 3 is 2.48 bits per heavy atom. The van der Waals surface area contributed by atoms with E-state index in [-0.39, 0.29) is 12.6 Å². The molecule has 0 spiro atoms. The second kappa shape index (κ2) is 9.68. The number of carbonyl (C=O) groups excluding carboxylic acids is 2. The smallest absolute Gasteiger partial charge is 0.309 e. The zero-order chi connectivity index (χ0) is 20.6. The highest BCUT2D eigenvalue weighted by Crippen LogP contribution is 2.30. The van der Waals surface area contributed by atoms with Gasteiger partial charge in [-0.25, -0.2) is 0 Å². The molecule has 2 N–H and O–H groups in total. The van der Waals surface area contributed by atoms with Crippen LogP contribution in [0.2, 0.25) is 0 Å². The van der Waals surface area contributed by atoms with Gasteiger partial charge < -0.3 is 29.6 Å². The van der Waals surface area contributed by atoms with Crippen LogP contribution in [0.5, 0.6) is 23.0 Å². The maximum atomic E-state index is 12.0. The van der Waals surface area contributed by atoms with Gasteiger partial charge in [0, 0.05) is 6.54 Å². The molecule has 29 heavy (non-hydrogen) atoms. The minimum Gasteiger partial charge on any atom is -0.493 e. The lowest BCUT2D eigenvalue weighted by atomic mass is 10.1. The Morgan fingerprint density at radius 1 is 1.00 bits per heavy atom. The van der Waals surface area contributed by atoms with Crippen molar-refractivity contribution in [3.63, 3.8) is 0 Å². The number of nitrogens with one attached hydrogen (secondary N) is 2. The Kier molecular flexibility index (Phi) is 6.78. The third-order valence-electron chi connectivity index (χ3n) is 4.41. The molecule has 0 aromatic heterocycles. The summed E-state index contributed by atoms with van der Waals surface area (Å²) in [4.78, 5) is 24.0. The largest absolute Gasteiger partial charge is 0.493 e. The number of hydrogen-bond donors (Lipinski definition) is 2. The average molecular weight is 400 g/mol. The number of methoxy groups -OCH3 is 2. The fourth-order valence-corrected chi connectivity index (χ4v) is 2.89. The van der Waals surface area contributed by atoms with Crippen molar-refractivity contribution in [3.05, 3.63) is 48.0 Å². The number of hydrogen-bond acceptors (Lipinski definition) is 6. The van der Waals surface area contributed by atoms with E-state index in [2.05, 4.69) is 10.6 Å². The summed E-state index contributed by atoms with van der Waals surface area (Å²) >= 11 is 0. The fourth-order valence-electron chi connectivity index (χ4n) is 2.89. The average Bonchev–Trinajstić information content (AvgIpc) is 2.77. The highest BCUT2D eigenvalue weighted by molar-refractivity contribution is 6.35. The van der Waals surface area contributed by atoms with Crippen LogP contribution in [-0.2, 0) is 16.0 Å². The minimum absolute atomic E-state index is 0.177. The van der Waals surface area contributed by atoms with Crippen molar-refractivity contribution in [2.24, 2.45) is 0 Å². The van der Waals surface area contributed by atoms with E-state index in [4.69, 9.17) is 18.9 Å². The van der Waals surface area contributed by atoms with E-state index < -0.39 is 11.8 Å². The van der Waals surface area contributed by atoms with Gasteiger partial charge in [-0.1, -0.05) is 18.2 Å². The Bertz CT molecular complexity index is 870. The molecule has 3 rings (SSSR count). The summed E-state index contributed by atoms with van der Waals surface area (Å²) in [6.07, 6.45) is 0.198. The number of ether oxygens (including phenoxy) is 4. The van der Waals surface area contributed by atoms with Gasteiger partial charge in [0.25, 0.3) is 0 Å². The number of para-hydroxylation sites is 2. The molecule has 154 valence electrons. The van der Waals surface area contributed by atoms with E-state index in [1.807, 2.05) is 30.3 Å². The lowest BCUT2D eigenvalue weighted by Gasteiger charge is -2.26. The SMILES string of the molecule is COc1ccc(CCNC(=O)C(=O)NCC2COc3ccccc3O2)cc1OC. The molecule has 1 atom stereocenters. The Morgan fingerprint density at radius 2 is 1.72 bits per heavy atom. The Balaban J connectivity index is 1.40. The third kappa shape index (κ3) is 5.31. The van der Waals surface area contributed by atoms with Crippen molar-refractivity contribution in [2.75, 3.05) is 33.9 Å². The van der Waals surface area contributed by atoms with Crippen LogP contribution in [0.3, 0.4) is 0 Å². The lowest BCUT2D eigenvalue weighted by Crippen LogP contribution is -2.46. The minimum atomic E-state index is -0.709. The zero-order valence-electron chi connectivity index (χ0n) is 16.4. The van der Waals surface area contributed by atoms with Crippen LogP contribution in [0.25, 0.3) is 0 Å². The first-order valence-corrected chi connectivity index (χ1v) is 9.26. The van der Waals surface area contributed by atoms with Gasteiger partial charge in [-0.2, -0.15) is 0 Å². The molecule has 0 radical (unpaired) electrons. The standard InChI is InChI=1S/C21H24N2O6/c1-26-16-8-7-14(11-19(16)27-2)9-10-22-20(24)21(25)23-12-15-13-28-17-5-3-4-6-18(17)29-15/h3-8,11,15H,9-10,12-13H2,1-2H3,(H,22,24)(H,23,25). The number of benzene rings is 2. The van der Waals surface area contributed by atoms with Crippen LogP contribution in [0.1, 0.15) is 5.56 Å². The van der Waals surface area contributed by atoms with E-state index in [9.17, 15) is 9.59 Å². The Hall–Kier alpha value is -3.42. The summed E-state index contributed by atoms with van der Waals surface area (Å²) in [6, 6.07) is 12.8. The molecule has 0 saturated heterocycles. The molecule has 0 bridgehead atoms. The quantitative estimate of drug-likeness (QED) is 0.681. The summed E-state index contributed by atoms with van der Waals surface area (Å²) < 4.78 is 21.8. The number of carbonyl (C=O) groups is 2. The number of rotatable bonds is 7. The summed E-state index contributed by atoms with van der Waals surface area (Å²) in [6.45, 7) is 0.798. The van der Waals surface area contributed by atoms with Crippen LogP contribution >= 0.6 is 0 Å². The first kappa shape index (κ1) is 20.3. The van der Waals surface area contributed by atoms with Gasteiger partial charge in [0.2, 0.25) is 0 Å². The Labute approximate surface area is 169 Å². The van der Waals surface area contributed by atoms with Crippen LogP contribution in [0.4, 0.5) is 0 Å². The molecule has 1 aliphatic heterocycles. The third-order valence-corrected chi connectivity index (χ3v) is 4.41. The van der Waals surface area contributed by atoms with Crippen molar-refractivity contribution in [3.8, 4) is 23.0 Å². The molecule has 0 fully saturated rings. The van der Waals surface area contributed by atoms with Gasteiger partial charge in [-0.3, -0.25) is 9.59 Å². The van der Waals surface area contributed by atoms with Crippen LogP contribution in [0, 0.1) is 0 Å². The normalized spacial score (nSPS) is 14.6. The molecule has 2 aromatic rings. The van der Waals surface area contributed by atoms with E-state index >= 15 is 0 Å². The summed E-state index contributed by atoms with van der Waals surface area (Å²) in [5.74, 6) is 1.14. The maximum Gasteiger partial charge on any atom is 0.309 e. The fraction of sp³-hybridized carbons (Fsp3) is 0.333. The molecule has 2 aromatic carbocycles.